The van der Waals surface area contributed by atoms with Gasteiger partial charge < -0.3 is 19.9 Å². The van der Waals surface area contributed by atoms with Gasteiger partial charge in [0.05, 0.1) is 28.6 Å². The third-order valence-electron chi connectivity index (χ3n) is 6.20. The quantitative estimate of drug-likeness (QED) is 0.190. The topological polar surface area (TPSA) is 121 Å². The molecule has 1 saturated carbocycles. The van der Waals surface area contributed by atoms with Crippen molar-refractivity contribution >= 4 is 50.6 Å². The van der Waals surface area contributed by atoms with Gasteiger partial charge in [0.2, 0.25) is 10.0 Å². The predicted molar refractivity (Wildman–Crippen MR) is 151 cm³/mol. The Bertz CT molecular complexity index is 1470. The van der Waals surface area contributed by atoms with E-state index in [0.29, 0.717) is 29.3 Å². The third kappa shape index (κ3) is 8.57. The van der Waals surface area contributed by atoms with E-state index < -0.39 is 35.3 Å². The first-order valence-corrected chi connectivity index (χ1v) is 15.0. The lowest BCUT2D eigenvalue weighted by Crippen LogP contribution is -2.36. The minimum absolute atomic E-state index is 0.0379. The van der Waals surface area contributed by atoms with Crippen LogP contribution in [0.25, 0.3) is 0 Å². The summed E-state index contributed by atoms with van der Waals surface area (Å²) in [7, 11) is -3.90. The molecule has 2 aromatic carbocycles. The highest BCUT2D eigenvalue weighted by atomic mass is 35.5. The van der Waals surface area contributed by atoms with Crippen LogP contribution < -0.4 is 19.5 Å². The number of aromatic nitrogens is 1. The lowest BCUT2D eigenvalue weighted by Gasteiger charge is -2.25. The lowest BCUT2D eigenvalue weighted by molar-refractivity contribution is -0.147. The van der Waals surface area contributed by atoms with Crippen LogP contribution in [0.3, 0.4) is 0 Å². The number of ether oxygens (including phenoxy) is 3. The fourth-order valence-electron chi connectivity index (χ4n) is 3.92. The molecule has 0 radical (unpaired) electrons. The minimum atomic E-state index is -3.90. The molecule has 4 rings (SSSR count). The fraction of sp³-hybridized carbons (Fsp3) is 0.333. The van der Waals surface area contributed by atoms with Crippen molar-refractivity contribution in [3.8, 4) is 11.5 Å². The summed E-state index contributed by atoms with van der Waals surface area (Å²) >= 11 is 12.7. The van der Waals surface area contributed by atoms with Crippen molar-refractivity contribution in [1.29, 1.82) is 0 Å². The zero-order chi connectivity index (χ0) is 29.7. The average molecular weight is 630 g/mol. The smallest absolute Gasteiger partial charge is 0.387 e. The summed E-state index contributed by atoms with van der Waals surface area (Å²) < 4.78 is 68.3. The van der Waals surface area contributed by atoms with E-state index in [1.807, 2.05) is 0 Å². The molecule has 0 aliphatic heterocycles. The molecule has 0 saturated heterocycles. The first-order chi connectivity index (χ1) is 19.4. The Balaban J connectivity index is 1.66. The van der Waals surface area contributed by atoms with E-state index in [0.717, 1.165) is 23.4 Å². The van der Waals surface area contributed by atoms with Crippen LogP contribution in [0.1, 0.15) is 30.1 Å². The van der Waals surface area contributed by atoms with Crippen LogP contribution in [0.5, 0.6) is 11.5 Å². The van der Waals surface area contributed by atoms with Gasteiger partial charge in [-0.05, 0) is 66.3 Å². The molecule has 1 aromatic heterocycles. The van der Waals surface area contributed by atoms with Crippen LogP contribution in [-0.2, 0) is 26.0 Å². The van der Waals surface area contributed by atoms with E-state index in [2.05, 4.69) is 9.72 Å². The summed E-state index contributed by atoms with van der Waals surface area (Å²) in [6, 6.07) is 10.1. The summed E-state index contributed by atoms with van der Waals surface area (Å²) in [5.74, 6) is -0.716. The molecule has 220 valence electrons. The molecule has 1 fully saturated rings. The first kappa shape index (κ1) is 30.6. The van der Waals surface area contributed by atoms with Crippen LogP contribution in [0, 0.1) is 5.92 Å². The van der Waals surface area contributed by atoms with Crippen LogP contribution in [-0.4, -0.2) is 45.4 Å². The second-order valence-corrected chi connectivity index (χ2v) is 12.2. The van der Waals surface area contributed by atoms with Gasteiger partial charge in [-0.1, -0.05) is 29.3 Å². The van der Waals surface area contributed by atoms with Crippen molar-refractivity contribution in [3.63, 3.8) is 0 Å². The summed E-state index contributed by atoms with van der Waals surface area (Å²) in [5, 5.41) is 0.419. The number of nitrogens with zero attached hydrogens (tertiary/aromatic N) is 2. The number of nitrogen functional groups attached to an aromatic ring is 1. The Labute approximate surface area is 246 Å². The molecular formula is C27H27Cl2F2N3O6S. The average Bonchev–Trinajstić information content (AvgIpc) is 3.73. The van der Waals surface area contributed by atoms with Gasteiger partial charge >= 0.3 is 12.6 Å². The van der Waals surface area contributed by atoms with E-state index in [-0.39, 0.29) is 33.7 Å². The largest absolute Gasteiger partial charge is 0.489 e. The summed E-state index contributed by atoms with van der Waals surface area (Å²) in [6.07, 6.45) is 4.52. The molecule has 2 N–H and O–H groups in total. The molecule has 1 heterocycles. The van der Waals surface area contributed by atoms with Gasteiger partial charge in [0.25, 0.3) is 0 Å². The number of esters is 1. The number of hydrogen-bond donors (Lipinski definition) is 1. The summed E-state index contributed by atoms with van der Waals surface area (Å²) in [4.78, 5) is 17.1. The Kier molecular flexibility index (Phi) is 9.77. The number of carbonyl (C=O) groups excluding carboxylic acids is 1. The second-order valence-electron chi connectivity index (χ2n) is 9.46. The van der Waals surface area contributed by atoms with Crippen LogP contribution >= 0.6 is 23.2 Å². The number of carbonyl (C=O) groups is 1. The Morgan fingerprint density at radius 2 is 1.76 bits per heavy atom. The number of alkyl halides is 2. The summed E-state index contributed by atoms with van der Waals surface area (Å²) in [6.45, 7) is -3.43. The van der Waals surface area contributed by atoms with Crippen LogP contribution in [0.15, 0.2) is 54.9 Å². The maximum Gasteiger partial charge on any atom is 0.387 e. The van der Waals surface area contributed by atoms with Crippen molar-refractivity contribution in [3.05, 3.63) is 76.0 Å². The van der Waals surface area contributed by atoms with Gasteiger partial charge in [0, 0.05) is 24.5 Å². The van der Waals surface area contributed by atoms with Crippen molar-refractivity contribution in [2.75, 3.05) is 29.4 Å². The van der Waals surface area contributed by atoms with E-state index in [9.17, 15) is 22.0 Å². The van der Waals surface area contributed by atoms with E-state index in [1.54, 1.807) is 0 Å². The molecule has 41 heavy (non-hydrogen) atoms. The molecule has 9 nitrogen and oxygen atoms in total. The molecule has 1 aliphatic carbocycles. The molecule has 1 aliphatic rings. The van der Waals surface area contributed by atoms with Crippen LogP contribution in [0.2, 0.25) is 10.0 Å². The first-order valence-electron chi connectivity index (χ1n) is 12.4. The molecule has 0 amide bonds. The molecule has 3 aromatic rings. The molecule has 0 bridgehead atoms. The predicted octanol–water partition coefficient (Wildman–Crippen LogP) is 5.65. The molecule has 14 heteroatoms. The molecule has 0 spiro atoms. The monoisotopic (exact) mass is 629 g/mol. The van der Waals surface area contributed by atoms with Crippen molar-refractivity contribution < 1.29 is 36.2 Å². The molecule has 1 atom stereocenters. The lowest BCUT2D eigenvalue weighted by atomic mass is 10.0. The van der Waals surface area contributed by atoms with E-state index >= 15 is 0 Å². The highest BCUT2D eigenvalue weighted by molar-refractivity contribution is 7.92. The Hall–Kier alpha value is -3.35. The van der Waals surface area contributed by atoms with Gasteiger partial charge in [-0.15, -0.1) is 0 Å². The highest BCUT2D eigenvalue weighted by Gasteiger charge is 2.28. The van der Waals surface area contributed by atoms with Gasteiger partial charge in [-0.2, -0.15) is 8.78 Å². The van der Waals surface area contributed by atoms with E-state index in [1.165, 1.54) is 54.9 Å². The normalized spacial score (nSPS) is 14.0. The standard InChI is InChI=1S/C27H27Cl2F2N3O6S/c1-41(36,37)34(19-7-5-18(32)6-8-19)14-26(35)39-24(11-20-21(28)12-33-13-22(20)29)17-4-9-23(40-27(30)31)25(10-17)38-15-16-2-3-16/h4-10,12-13,16,24,27H,2-3,11,14-15,32H2,1H3/t24-/m0/s1. The number of nitrogens with two attached hydrogens (primary N) is 1. The van der Waals surface area contributed by atoms with Gasteiger partial charge in [0.15, 0.2) is 11.5 Å². The fourth-order valence-corrected chi connectivity index (χ4v) is 5.29. The van der Waals surface area contributed by atoms with Crippen molar-refractivity contribution in [1.82, 2.24) is 4.98 Å². The molecular weight excluding hydrogens is 603 g/mol. The highest BCUT2D eigenvalue weighted by Crippen LogP contribution is 2.38. The number of sulfonamides is 1. The van der Waals surface area contributed by atoms with Gasteiger partial charge in [-0.25, -0.2) is 8.42 Å². The zero-order valence-corrected chi connectivity index (χ0v) is 24.1. The number of pyridine rings is 1. The third-order valence-corrected chi connectivity index (χ3v) is 7.99. The van der Waals surface area contributed by atoms with Crippen LogP contribution in [0.4, 0.5) is 20.2 Å². The maximum absolute atomic E-state index is 13.2. The number of benzene rings is 2. The van der Waals surface area contributed by atoms with Gasteiger partial charge in [-0.3, -0.25) is 14.1 Å². The van der Waals surface area contributed by atoms with Crippen molar-refractivity contribution in [2.45, 2.75) is 32.0 Å². The van der Waals surface area contributed by atoms with Gasteiger partial charge in [0.1, 0.15) is 12.6 Å². The number of hydrogen-bond acceptors (Lipinski definition) is 8. The number of rotatable bonds is 13. The number of anilines is 2. The Morgan fingerprint density at radius 1 is 1.10 bits per heavy atom. The Morgan fingerprint density at radius 3 is 2.34 bits per heavy atom. The summed E-state index contributed by atoms with van der Waals surface area (Å²) in [5.41, 5.74) is 7.09. The zero-order valence-electron chi connectivity index (χ0n) is 21.8. The maximum atomic E-state index is 13.2. The molecule has 0 unspecified atom stereocenters. The van der Waals surface area contributed by atoms with E-state index in [4.69, 9.17) is 38.4 Å². The number of halogens is 4. The SMILES string of the molecule is CS(=O)(=O)N(CC(=O)O[C@@H](Cc1c(Cl)cncc1Cl)c1ccc(OC(F)F)c(OCC2CC2)c1)c1ccc(N)cc1. The van der Waals surface area contributed by atoms with Crippen molar-refractivity contribution in [2.24, 2.45) is 5.92 Å². The minimum Gasteiger partial charge on any atom is -0.489 e. The second kappa shape index (κ2) is 13.1.